The van der Waals surface area contributed by atoms with Crippen molar-refractivity contribution in [2.24, 2.45) is 0 Å². The minimum atomic E-state index is -0.171. The van der Waals surface area contributed by atoms with E-state index < -0.39 is 0 Å². The Balaban J connectivity index is 1.56. The van der Waals surface area contributed by atoms with Crippen LogP contribution in [0.3, 0.4) is 0 Å². The number of hydrogen-bond donors (Lipinski definition) is 2. The first-order chi connectivity index (χ1) is 12.2. The Labute approximate surface area is 143 Å². The number of aromatic nitrogens is 4. The van der Waals surface area contributed by atoms with Gasteiger partial charge in [-0.2, -0.15) is 4.98 Å². The molecule has 0 unspecified atom stereocenters. The van der Waals surface area contributed by atoms with Gasteiger partial charge in [0.05, 0.1) is 12.2 Å². The lowest BCUT2D eigenvalue weighted by Gasteiger charge is -2.08. The zero-order valence-electron chi connectivity index (χ0n) is 13.7. The average molecular weight is 339 g/mol. The van der Waals surface area contributed by atoms with Gasteiger partial charge in [-0.3, -0.25) is 9.78 Å². The van der Waals surface area contributed by atoms with Gasteiger partial charge in [-0.25, -0.2) is 4.98 Å². The number of nitrogens with one attached hydrogen (secondary N) is 2. The van der Waals surface area contributed by atoms with E-state index in [9.17, 15) is 4.79 Å². The van der Waals surface area contributed by atoms with Crippen LogP contribution in [0.15, 0.2) is 33.6 Å². The third kappa shape index (κ3) is 3.10. The molecule has 1 aromatic carbocycles. The summed E-state index contributed by atoms with van der Waals surface area (Å²) < 4.78 is 10.8. The van der Waals surface area contributed by atoms with Crippen LogP contribution < -0.4 is 15.6 Å². The smallest absolute Gasteiger partial charge is 0.256 e. The Hall–Kier alpha value is -3.16. The molecule has 8 heteroatoms. The summed E-state index contributed by atoms with van der Waals surface area (Å²) >= 11 is 0. The predicted molar refractivity (Wildman–Crippen MR) is 89.4 cm³/mol. The Morgan fingerprint density at radius 3 is 3.00 bits per heavy atom. The van der Waals surface area contributed by atoms with Crippen molar-refractivity contribution in [2.45, 2.75) is 32.9 Å². The standard InChI is InChI=1S/C17H17N5O3/c1-2-15-20-14(22-25-15)8-18-17-19-12-9-24-13-6-4-3-5-10(13)7-11(12)16(23)21-17/h3-6H,2,7-9H2,1H3,(H2,18,19,21,23). The molecule has 4 rings (SSSR count). The maximum Gasteiger partial charge on any atom is 0.256 e. The summed E-state index contributed by atoms with van der Waals surface area (Å²) in [6.45, 7) is 2.51. The SMILES string of the molecule is CCc1nc(CNc2nc3c(c(=O)[nH]2)Cc2ccccc2OC3)no1. The average Bonchev–Trinajstić information content (AvgIpc) is 3.01. The number of nitrogens with zero attached hydrogens (tertiary/aromatic N) is 3. The molecule has 3 heterocycles. The van der Waals surface area contributed by atoms with Crippen LogP contribution in [0.2, 0.25) is 0 Å². The zero-order chi connectivity index (χ0) is 17.2. The van der Waals surface area contributed by atoms with Crippen LogP contribution in [-0.4, -0.2) is 20.1 Å². The van der Waals surface area contributed by atoms with Crippen molar-refractivity contribution in [3.63, 3.8) is 0 Å². The van der Waals surface area contributed by atoms with Gasteiger partial charge in [0.1, 0.15) is 12.4 Å². The Morgan fingerprint density at radius 1 is 1.28 bits per heavy atom. The monoisotopic (exact) mass is 339 g/mol. The van der Waals surface area contributed by atoms with Gasteiger partial charge in [-0.05, 0) is 11.6 Å². The molecule has 0 fully saturated rings. The van der Waals surface area contributed by atoms with Crippen LogP contribution in [0, 0.1) is 0 Å². The largest absolute Gasteiger partial charge is 0.487 e. The lowest BCUT2D eigenvalue weighted by atomic mass is 10.1. The first kappa shape index (κ1) is 15.4. The number of fused-ring (bicyclic) bond motifs is 2. The summed E-state index contributed by atoms with van der Waals surface area (Å²) in [5.74, 6) is 2.24. The van der Waals surface area contributed by atoms with E-state index in [1.165, 1.54) is 0 Å². The minimum Gasteiger partial charge on any atom is -0.487 e. The first-order valence-corrected chi connectivity index (χ1v) is 8.11. The van der Waals surface area contributed by atoms with Gasteiger partial charge in [0.15, 0.2) is 5.82 Å². The first-order valence-electron chi connectivity index (χ1n) is 8.11. The predicted octanol–water partition coefficient (Wildman–Crippen LogP) is 1.81. The second-order valence-corrected chi connectivity index (χ2v) is 5.72. The van der Waals surface area contributed by atoms with Crippen molar-refractivity contribution in [1.82, 2.24) is 20.1 Å². The molecule has 25 heavy (non-hydrogen) atoms. The minimum absolute atomic E-state index is 0.171. The van der Waals surface area contributed by atoms with E-state index in [-0.39, 0.29) is 12.2 Å². The van der Waals surface area contributed by atoms with E-state index in [1.807, 2.05) is 31.2 Å². The van der Waals surface area contributed by atoms with Crippen molar-refractivity contribution in [1.29, 1.82) is 0 Å². The van der Waals surface area contributed by atoms with Crippen LogP contribution >= 0.6 is 0 Å². The van der Waals surface area contributed by atoms with Gasteiger partial charge in [0.25, 0.3) is 5.56 Å². The van der Waals surface area contributed by atoms with E-state index in [4.69, 9.17) is 9.26 Å². The summed E-state index contributed by atoms with van der Waals surface area (Å²) in [5, 5.41) is 6.88. The number of aromatic amines is 1. The summed E-state index contributed by atoms with van der Waals surface area (Å²) in [6, 6.07) is 7.70. The van der Waals surface area contributed by atoms with E-state index in [0.29, 0.717) is 48.3 Å². The molecule has 0 saturated carbocycles. The van der Waals surface area contributed by atoms with Crippen LogP contribution in [0.25, 0.3) is 0 Å². The molecule has 0 saturated heterocycles. The fourth-order valence-corrected chi connectivity index (χ4v) is 2.73. The Bertz CT molecular complexity index is 963. The van der Waals surface area contributed by atoms with Crippen LogP contribution in [0.4, 0.5) is 5.95 Å². The van der Waals surface area contributed by atoms with Crippen molar-refractivity contribution >= 4 is 5.95 Å². The van der Waals surface area contributed by atoms with Gasteiger partial charge in [0.2, 0.25) is 11.8 Å². The van der Waals surface area contributed by atoms with Crippen LogP contribution in [-0.2, 0) is 26.0 Å². The van der Waals surface area contributed by atoms with Crippen molar-refractivity contribution in [2.75, 3.05) is 5.32 Å². The molecule has 2 aromatic heterocycles. The molecule has 0 amide bonds. The molecule has 1 aliphatic rings. The number of rotatable bonds is 4. The van der Waals surface area contributed by atoms with Gasteiger partial charge in [-0.1, -0.05) is 30.3 Å². The Kier molecular flexibility index (Phi) is 3.93. The summed E-state index contributed by atoms with van der Waals surface area (Å²) in [4.78, 5) is 23.9. The van der Waals surface area contributed by atoms with E-state index >= 15 is 0 Å². The number of ether oxygens (including phenoxy) is 1. The molecular formula is C17H17N5O3. The van der Waals surface area contributed by atoms with Crippen molar-refractivity contribution in [3.8, 4) is 5.75 Å². The van der Waals surface area contributed by atoms with E-state index in [0.717, 1.165) is 11.3 Å². The van der Waals surface area contributed by atoms with Crippen molar-refractivity contribution < 1.29 is 9.26 Å². The molecule has 2 N–H and O–H groups in total. The van der Waals surface area contributed by atoms with Crippen molar-refractivity contribution in [3.05, 3.63) is 63.2 Å². The summed E-state index contributed by atoms with van der Waals surface area (Å²) in [7, 11) is 0. The zero-order valence-corrected chi connectivity index (χ0v) is 13.7. The highest BCUT2D eigenvalue weighted by Gasteiger charge is 2.19. The fraction of sp³-hybridized carbons (Fsp3) is 0.294. The lowest BCUT2D eigenvalue weighted by molar-refractivity contribution is 0.302. The molecule has 128 valence electrons. The van der Waals surface area contributed by atoms with E-state index in [2.05, 4.69) is 25.4 Å². The highest BCUT2D eigenvalue weighted by atomic mass is 16.5. The molecule has 0 spiro atoms. The molecule has 8 nitrogen and oxygen atoms in total. The van der Waals surface area contributed by atoms with Gasteiger partial charge in [0, 0.05) is 18.4 Å². The Morgan fingerprint density at radius 2 is 2.16 bits per heavy atom. The second kappa shape index (κ2) is 6.39. The maximum absolute atomic E-state index is 12.5. The van der Waals surface area contributed by atoms with Crippen LogP contribution in [0.5, 0.6) is 5.75 Å². The topological polar surface area (TPSA) is 106 Å². The number of anilines is 1. The maximum atomic E-state index is 12.5. The fourth-order valence-electron chi connectivity index (χ4n) is 2.73. The number of aryl methyl sites for hydroxylation is 1. The molecule has 3 aromatic rings. The third-order valence-corrected chi connectivity index (χ3v) is 4.03. The lowest BCUT2D eigenvalue weighted by Crippen LogP contribution is -2.20. The summed E-state index contributed by atoms with van der Waals surface area (Å²) in [6.07, 6.45) is 1.18. The quantitative estimate of drug-likeness (QED) is 0.746. The molecular weight excluding hydrogens is 322 g/mol. The normalized spacial score (nSPS) is 12.7. The number of benzene rings is 1. The van der Waals surface area contributed by atoms with Gasteiger partial charge < -0.3 is 14.6 Å². The second-order valence-electron chi connectivity index (χ2n) is 5.72. The molecule has 0 radical (unpaired) electrons. The molecule has 0 aliphatic carbocycles. The summed E-state index contributed by atoms with van der Waals surface area (Å²) in [5.41, 5.74) is 2.07. The molecule has 1 aliphatic heterocycles. The van der Waals surface area contributed by atoms with E-state index in [1.54, 1.807) is 0 Å². The van der Waals surface area contributed by atoms with Crippen LogP contribution in [0.1, 0.15) is 35.5 Å². The number of hydrogen-bond acceptors (Lipinski definition) is 7. The number of H-pyrrole nitrogens is 1. The highest BCUT2D eigenvalue weighted by Crippen LogP contribution is 2.25. The third-order valence-electron chi connectivity index (χ3n) is 4.03. The van der Waals surface area contributed by atoms with Gasteiger partial charge in [-0.15, -0.1) is 0 Å². The highest BCUT2D eigenvalue weighted by molar-refractivity contribution is 5.41. The molecule has 0 atom stereocenters. The molecule has 0 bridgehead atoms. The number of para-hydroxylation sites is 1. The van der Waals surface area contributed by atoms with Gasteiger partial charge >= 0.3 is 0 Å².